The lowest BCUT2D eigenvalue weighted by molar-refractivity contribution is -0.134. The third kappa shape index (κ3) is 7.90. The molecule has 2 amide bonds. The Bertz CT molecular complexity index is 1980. The van der Waals surface area contributed by atoms with Gasteiger partial charge in [-0.1, -0.05) is 60.1 Å². The molecule has 0 saturated carbocycles. The molecule has 4 aromatic carbocycles. The number of nitrogens with zero attached hydrogens (tertiary/aromatic N) is 3. The number of rotatable bonds is 11. The molecule has 0 bridgehead atoms. The number of carbonyl (C=O) groups is 2. The highest BCUT2D eigenvalue weighted by Gasteiger charge is 2.29. The van der Waals surface area contributed by atoms with Crippen molar-refractivity contribution in [2.24, 2.45) is 5.73 Å². The molecule has 1 aliphatic rings. The summed E-state index contributed by atoms with van der Waals surface area (Å²) in [5.41, 5.74) is 10.1. The lowest BCUT2D eigenvalue weighted by Gasteiger charge is -2.30. The standard InChI is InChI=1S/C37H35ClF2N6O3/c38-29-15-14-27(21-30(29)40)43-35-34(25-6-3-7-26(39)20-25)44-33-22-45(17-18-46(33)35)37(49)31(41)19-24-12-10-23(11-13-24)5-4-16-42-36(48)28-8-1-2-9-32(28)47/h1-3,6-15,20-21,31,43,47H,4-5,16-19,22,41H2,(H,42,48)/t31-/m0/s1. The number of aromatic nitrogens is 2. The van der Waals surface area contributed by atoms with Gasteiger partial charge in [-0.05, 0) is 72.9 Å². The molecule has 1 aromatic heterocycles. The van der Waals surface area contributed by atoms with Crippen LogP contribution in [-0.2, 0) is 30.7 Å². The molecule has 12 heteroatoms. The Balaban J connectivity index is 1.07. The minimum absolute atomic E-state index is 0.00256. The van der Waals surface area contributed by atoms with Crippen molar-refractivity contribution in [3.8, 4) is 17.0 Å². The summed E-state index contributed by atoms with van der Waals surface area (Å²) in [6.07, 6.45) is 1.81. The molecule has 5 aromatic rings. The normalized spacial score (nSPS) is 13.1. The van der Waals surface area contributed by atoms with Crippen molar-refractivity contribution in [1.29, 1.82) is 0 Å². The maximum absolute atomic E-state index is 14.2. The zero-order valence-electron chi connectivity index (χ0n) is 26.5. The molecule has 1 aliphatic heterocycles. The van der Waals surface area contributed by atoms with E-state index in [-0.39, 0.29) is 34.7 Å². The summed E-state index contributed by atoms with van der Waals surface area (Å²) in [6.45, 7) is 1.44. The Morgan fingerprint density at radius 2 is 1.73 bits per heavy atom. The summed E-state index contributed by atoms with van der Waals surface area (Å²) in [7, 11) is 0. The Hall–Kier alpha value is -5.26. The average Bonchev–Trinajstić information content (AvgIpc) is 3.46. The number of aromatic hydroxyl groups is 1. The van der Waals surface area contributed by atoms with Crippen molar-refractivity contribution in [1.82, 2.24) is 19.8 Å². The minimum atomic E-state index is -0.769. The van der Waals surface area contributed by atoms with Gasteiger partial charge in [-0.25, -0.2) is 13.8 Å². The number of hydrogen-bond acceptors (Lipinski definition) is 6. The Labute approximate surface area is 287 Å². The zero-order valence-corrected chi connectivity index (χ0v) is 27.3. The Kier molecular flexibility index (Phi) is 10.2. The highest BCUT2D eigenvalue weighted by atomic mass is 35.5. The number of phenols is 1. The van der Waals surface area contributed by atoms with Crippen LogP contribution in [0.15, 0.2) is 91.0 Å². The van der Waals surface area contributed by atoms with Gasteiger partial charge in [-0.15, -0.1) is 0 Å². The lowest BCUT2D eigenvalue weighted by atomic mass is 10.0. The summed E-state index contributed by atoms with van der Waals surface area (Å²) in [5, 5.41) is 15.9. The number of benzene rings is 4. The first-order valence-corrected chi connectivity index (χ1v) is 16.3. The molecular formula is C37H35ClF2N6O3. The largest absolute Gasteiger partial charge is 0.507 e. The number of nitrogens with two attached hydrogens (primary N) is 1. The van der Waals surface area contributed by atoms with Gasteiger partial charge in [-0.2, -0.15) is 0 Å². The van der Waals surface area contributed by atoms with Gasteiger partial charge in [-0.3, -0.25) is 9.59 Å². The van der Waals surface area contributed by atoms with E-state index in [1.807, 2.05) is 28.8 Å². The highest BCUT2D eigenvalue weighted by molar-refractivity contribution is 6.30. The monoisotopic (exact) mass is 684 g/mol. The smallest absolute Gasteiger partial charge is 0.255 e. The van der Waals surface area contributed by atoms with Crippen molar-refractivity contribution in [3.05, 3.63) is 130 Å². The molecule has 0 aliphatic carbocycles. The van der Waals surface area contributed by atoms with Crippen LogP contribution in [0.4, 0.5) is 20.3 Å². The number of carbonyl (C=O) groups excluding carboxylic acids is 2. The number of fused-ring (bicyclic) bond motifs is 1. The number of phenolic OH excluding ortho intramolecular Hbond substituents is 1. The molecular weight excluding hydrogens is 650 g/mol. The number of anilines is 2. The number of halogens is 3. The number of aryl methyl sites for hydroxylation is 1. The van der Waals surface area contributed by atoms with Crippen molar-refractivity contribution < 1.29 is 23.5 Å². The van der Waals surface area contributed by atoms with Gasteiger partial charge in [0.1, 0.15) is 34.7 Å². The summed E-state index contributed by atoms with van der Waals surface area (Å²) in [5.74, 6) is -0.435. The van der Waals surface area contributed by atoms with E-state index in [0.29, 0.717) is 54.6 Å². The summed E-state index contributed by atoms with van der Waals surface area (Å²) in [4.78, 5) is 32.2. The first-order valence-electron chi connectivity index (χ1n) is 15.9. The second-order valence-corrected chi connectivity index (χ2v) is 12.3. The molecule has 6 rings (SSSR count). The maximum atomic E-state index is 14.2. The number of para-hydroxylation sites is 1. The summed E-state index contributed by atoms with van der Waals surface area (Å²) in [6, 6.07) is 24.0. The van der Waals surface area contributed by atoms with E-state index in [2.05, 4.69) is 10.6 Å². The summed E-state index contributed by atoms with van der Waals surface area (Å²) >= 11 is 5.88. The van der Waals surface area contributed by atoms with Crippen LogP contribution >= 0.6 is 11.6 Å². The third-order valence-electron chi connectivity index (χ3n) is 8.44. The van der Waals surface area contributed by atoms with Crippen molar-refractivity contribution in [2.45, 2.75) is 38.4 Å². The molecule has 0 radical (unpaired) electrons. The van der Waals surface area contributed by atoms with Crippen molar-refractivity contribution in [2.75, 3.05) is 18.4 Å². The summed E-state index contributed by atoms with van der Waals surface area (Å²) < 4.78 is 30.4. The van der Waals surface area contributed by atoms with Gasteiger partial charge in [0.05, 0.1) is 23.2 Å². The molecule has 252 valence electrons. The topological polar surface area (TPSA) is 126 Å². The predicted molar refractivity (Wildman–Crippen MR) is 185 cm³/mol. The van der Waals surface area contributed by atoms with E-state index in [1.54, 1.807) is 41.3 Å². The van der Waals surface area contributed by atoms with Crippen LogP contribution in [0.25, 0.3) is 11.3 Å². The second-order valence-electron chi connectivity index (χ2n) is 11.9. The number of hydrogen-bond donors (Lipinski definition) is 4. The number of amides is 2. The first-order chi connectivity index (χ1) is 23.7. The predicted octanol–water partition coefficient (Wildman–Crippen LogP) is 6.21. The molecule has 1 atom stereocenters. The van der Waals surface area contributed by atoms with Gasteiger partial charge < -0.3 is 30.9 Å². The highest BCUT2D eigenvalue weighted by Crippen LogP contribution is 2.34. The molecule has 49 heavy (non-hydrogen) atoms. The van der Waals surface area contributed by atoms with Crippen LogP contribution in [0.3, 0.4) is 0 Å². The third-order valence-corrected chi connectivity index (χ3v) is 8.74. The Morgan fingerprint density at radius 3 is 2.49 bits per heavy atom. The number of imidazole rings is 1. The fourth-order valence-electron chi connectivity index (χ4n) is 5.87. The van der Waals surface area contributed by atoms with Crippen molar-refractivity contribution >= 4 is 34.9 Å². The van der Waals surface area contributed by atoms with Crippen LogP contribution in [0.5, 0.6) is 5.75 Å². The number of nitrogens with one attached hydrogen (secondary N) is 2. The average molecular weight is 685 g/mol. The second kappa shape index (κ2) is 14.9. The van der Waals surface area contributed by atoms with Crippen LogP contribution < -0.4 is 16.4 Å². The lowest BCUT2D eigenvalue weighted by Crippen LogP contribution is -2.47. The fraction of sp³-hybridized carbons (Fsp3) is 0.216. The van der Waals surface area contributed by atoms with Crippen LogP contribution in [-0.4, -0.2) is 50.5 Å². The van der Waals surface area contributed by atoms with E-state index in [9.17, 15) is 23.5 Å². The van der Waals surface area contributed by atoms with Gasteiger partial charge in [0.2, 0.25) is 5.91 Å². The fourth-order valence-corrected chi connectivity index (χ4v) is 5.98. The van der Waals surface area contributed by atoms with Crippen molar-refractivity contribution in [3.63, 3.8) is 0 Å². The van der Waals surface area contributed by atoms with E-state index < -0.39 is 17.7 Å². The molecule has 2 heterocycles. The molecule has 0 unspecified atom stereocenters. The zero-order chi connectivity index (χ0) is 34.5. The first kappa shape index (κ1) is 33.6. The molecule has 0 fully saturated rings. The molecule has 9 nitrogen and oxygen atoms in total. The minimum Gasteiger partial charge on any atom is -0.507 e. The quantitative estimate of drug-likeness (QED) is 0.123. The molecule has 0 spiro atoms. The van der Waals surface area contributed by atoms with Gasteiger partial charge in [0.25, 0.3) is 5.91 Å². The van der Waals surface area contributed by atoms with E-state index >= 15 is 0 Å². The van der Waals surface area contributed by atoms with E-state index in [1.165, 1.54) is 30.3 Å². The SMILES string of the molecule is N[C@@H](Cc1ccc(CCCNC(=O)c2ccccc2O)cc1)C(=O)N1CCn2c(nc(-c3cccc(F)c3)c2Nc2ccc(Cl)c(F)c2)C1. The Morgan fingerprint density at radius 1 is 0.959 bits per heavy atom. The van der Waals surface area contributed by atoms with Crippen LogP contribution in [0.1, 0.15) is 33.7 Å². The van der Waals surface area contributed by atoms with Gasteiger partial charge in [0, 0.05) is 30.9 Å². The molecule has 5 N–H and O–H groups in total. The van der Waals surface area contributed by atoms with Crippen LogP contribution in [0.2, 0.25) is 5.02 Å². The van der Waals surface area contributed by atoms with Gasteiger partial charge >= 0.3 is 0 Å². The van der Waals surface area contributed by atoms with Gasteiger partial charge in [0.15, 0.2) is 0 Å². The van der Waals surface area contributed by atoms with E-state index in [4.69, 9.17) is 22.3 Å². The van der Waals surface area contributed by atoms with E-state index in [0.717, 1.165) is 24.0 Å². The molecule has 0 saturated heterocycles. The van der Waals surface area contributed by atoms with Crippen LogP contribution in [0, 0.1) is 11.6 Å². The maximum Gasteiger partial charge on any atom is 0.255 e.